The number of sulfonamides is 1. The summed E-state index contributed by atoms with van der Waals surface area (Å²) in [6.07, 6.45) is 6.45. The number of hydrogen-bond acceptors (Lipinski definition) is 6. The Bertz CT molecular complexity index is 812. The van der Waals surface area contributed by atoms with Gasteiger partial charge in [-0.25, -0.2) is 18.1 Å². The predicted molar refractivity (Wildman–Crippen MR) is 99.7 cm³/mol. The summed E-state index contributed by atoms with van der Waals surface area (Å²) in [4.78, 5) is 4.34. The van der Waals surface area contributed by atoms with Crippen LogP contribution in [0.4, 0.5) is 11.4 Å². The molecular weight excluding hydrogens is 340 g/mol. The van der Waals surface area contributed by atoms with E-state index < -0.39 is 10.0 Å². The fourth-order valence-corrected chi connectivity index (χ4v) is 4.34. The molecule has 1 fully saturated rings. The Balaban J connectivity index is 1.81. The van der Waals surface area contributed by atoms with E-state index in [9.17, 15) is 8.42 Å². The summed E-state index contributed by atoms with van der Waals surface area (Å²) in [5.74, 6) is 0.234. The molecule has 1 saturated carbocycles. The lowest BCUT2D eigenvalue weighted by molar-refractivity contribution is 0.342. The molecule has 0 bridgehead atoms. The van der Waals surface area contributed by atoms with Gasteiger partial charge in [-0.15, -0.1) is 0 Å². The third-order valence-electron chi connectivity index (χ3n) is 4.68. The van der Waals surface area contributed by atoms with Gasteiger partial charge in [-0.2, -0.15) is 5.10 Å². The van der Waals surface area contributed by atoms with Crippen LogP contribution in [-0.4, -0.2) is 38.7 Å². The standard InChI is InChI=1S/C16H24N6O2S/c1-2-19-15(22-11-16(10-20-22)7-3-4-8-16)21-25(23,24)12-5-6-13(17)14(18)9-12/h5-6,9-10H,2-4,7-8,11,17-18H2,1H3,(H,19,21). The van der Waals surface area contributed by atoms with Gasteiger partial charge in [0, 0.05) is 18.2 Å². The SMILES string of the molecule is CCN=C(NS(=O)(=O)c1ccc(N)c(N)c1)N1CC2(C=N1)CCCC2. The van der Waals surface area contributed by atoms with Crippen molar-refractivity contribution < 1.29 is 8.42 Å². The molecule has 1 aliphatic carbocycles. The van der Waals surface area contributed by atoms with Gasteiger partial charge in [-0.3, -0.25) is 4.99 Å². The van der Waals surface area contributed by atoms with Crippen LogP contribution in [0, 0.1) is 5.41 Å². The third kappa shape index (κ3) is 3.55. The number of hydrogen-bond donors (Lipinski definition) is 3. The second kappa shape index (κ2) is 6.55. The number of nitrogen functional groups attached to an aromatic ring is 2. The molecule has 0 unspecified atom stereocenters. The summed E-state index contributed by atoms with van der Waals surface area (Å²) in [5.41, 5.74) is 12.0. The van der Waals surface area contributed by atoms with Crippen LogP contribution in [0.3, 0.4) is 0 Å². The number of nitrogens with two attached hydrogens (primary N) is 2. The maximum Gasteiger partial charge on any atom is 0.264 e. The quantitative estimate of drug-likeness (QED) is 0.424. The zero-order valence-corrected chi connectivity index (χ0v) is 15.1. The van der Waals surface area contributed by atoms with E-state index in [2.05, 4.69) is 14.8 Å². The van der Waals surface area contributed by atoms with E-state index in [0.717, 1.165) is 12.8 Å². The topological polar surface area (TPSA) is 126 Å². The van der Waals surface area contributed by atoms with Crippen molar-refractivity contribution in [1.82, 2.24) is 9.73 Å². The van der Waals surface area contributed by atoms with Crippen LogP contribution in [0.5, 0.6) is 0 Å². The first-order valence-corrected chi connectivity index (χ1v) is 9.88. The van der Waals surface area contributed by atoms with E-state index >= 15 is 0 Å². The zero-order chi connectivity index (χ0) is 18.1. The number of benzene rings is 1. The lowest BCUT2D eigenvalue weighted by Gasteiger charge is -2.24. The Labute approximate surface area is 148 Å². The van der Waals surface area contributed by atoms with Crippen molar-refractivity contribution in [2.45, 2.75) is 37.5 Å². The maximum atomic E-state index is 12.7. The second-order valence-electron chi connectivity index (χ2n) is 6.57. The summed E-state index contributed by atoms with van der Waals surface area (Å²) in [6, 6.07) is 4.23. The van der Waals surface area contributed by atoms with Gasteiger partial charge in [-0.1, -0.05) is 12.8 Å². The minimum Gasteiger partial charge on any atom is -0.397 e. The lowest BCUT2D eigenvalue weighted by Crippen LogP contribution is -2.43. The number of guanidine groups is 1. The minimum atomic E-state index is -3.83. The summed E-state index contributed by atoms with van der Waals surface area (Å²) < 4.78 is 27.9. The van der Waals surface area contributed by atoms with Crippen LogP contribution in [0.15, 0.2) is 33.2 Å². The minimum absolute atomic E-state index is 0.0433. The first-order valence-electron chi connectivity index (χ1n) is 8.40. The third-order valence-corrected chi connectivity index (χ3v) is 6.01. The van der Waals surface area contributed by atoms with E-state index in [1.54, 1.807) is 5.01 Å². The molecule has 1 aromatic carbocycles. The first-order chi connectivity index (χ1) is 11.9. The molecule has 8 nitrogen and oxygen atoms in total. The number of aliphatic imine (C=N–C) groups is 1. The van der Waals surface area contributed by atoms with Gasteiger partial charge in [-0.05, 0) is 38.0 Å². The van der Waals surface area contributed by atoms with E-state index in [0.29, 0.717) is 18.8 Å². The second-order valence-corrected chi connectivity index (χ2v) is 8.25. The Morgan fingerprint density at radius 1 is 1.32 bits per heavy atom. The van der Waals surface area contributed by atoms with Gasteiger partial charge in [0.25, 0.3) is 10.0 Å². The molecule has 1 aromatic rings. The van der Waals surface area contributed by atoms with Crippen LogP contribution >= 0.6 is 0 Å². The summed E-state index contributed by atoms with van der Waals surface area (Å²) >= 11 is 0. The molecule has 0 atom stereocenters. The Hall–Kier alpha value is -2.29. The molecule has 2 aliphatic rings. The summed E-state index contributed by atoms with van der Waals surface area (Å²) in [7, 11) is -3.83. The van der Waals surface area contributed by atoms with E-state index in [4.69, 9.17) is 11.5 Å². The zero-order valence-electron chi connectivity index (χ0n) is 14.3. The average molecular weight is 364 g/mol. The number of hydrazone groups is 1. The van der Waals surface area contributed by atoms with Gasteiger partial charge < -0.3 is 11.5 Å². The fraction of sp³-hybridized carbons (Fsp3) is 0.500. The van der Waals surface area contributed by atoms with E-state index in [1.165, 1.54) is 31.0 Å². The van der Waals surface area contributed by atoms with Gasteiger partial charge in [0.1, 0.15) is 0 Å². The molecule has 0 aromatic heterocycles. The largest absolute Gasteiger partial charge is 0.397 e. The van der Waals surface area contributed by atoms with Gasteiger partial charge in [0.05, 0.1) is 22.8 Å². The Morgan fingerprint density at radius 3 is 2.68 bits per heavy atom. The van der Waals surface area contributed by atoms with Gasteiger partial charge in [0.15, 0.2) is 0 Å². The first kappa shape index (κ1) is 17.5. The summed E-state index contributed by atoms with van der Waals surface area (Å²) in [6.45, 7) is 2.94. The fourth-order valence-electron chi connectivity index (χ4n) is 3.28. The molecule has 0 radical (unpaired) electrons. The highest BCUT2D eigenvalue weighted by atomic mass is 32.2. The molecule has 136 valence electrons. The molecule has 0 saturated heterocycles. The smallest absolute Gasteiger partial charge is 0.264 e. The van der Waals surface area contributed by atoms with Crippen molar-refractivity contribution in [3.8, 4) is 0 Å². The maximum absolute atomic E-state index is 12.7. The monoisotopic (exact) mass is 364 g/mol. The number of rotatable bonds is 3. The van der Waals surface area contributed by atoms with Crippen LogP contribution in [0.2, 0.25) is 0 Å². The van der Waals surface area contributed by atoms with E-state index in [1.807, 2.05) is 13.1 Å². The molecule has 1 heterocycles. The van der Waals surface area contributed by atoms with E-state index in [-0.39, 0.29) is 22.0 Å². The van der Waals surface area contributed by atoms with Crippen molar-refractivity contribution in [3.05, 3.63) is 18.2 Å². The molecule has 1 spiro atoms. The van der Waals surface area contributed by atoms with Crippen LogP contribution in [-0.2, 0) is 10.0 Å². The highest BCUT2D eigenvalue weighted by Gasteiger charge is 2.39. The Morgan fingerprint density at radius 2 is 2.04 bits per heavy atom. The summed E-state index contributed by atoms with van der Waals surface area (Å²) in [5, 5.41) is 6.05. The molecule has 1 aliphatic heterocycles. The highest BCUT2D eigenvalue weighted by Crippen LogP contribution is 2.40. The molecule has 9 heteroatoms. The van der Waals surface area contributed by atoms with Crippen molar-refractivity contribution in [3.63, 3.8) is 0 Å². The van der Waals surface area contributed by atoms with Crippen LogP contribution in [0.25, 0.3) is 0 Å². The number of nitrogens with zero attached hydrogens (tertiary/aromatic N) is 3. The van der Waals surface area contributed by atoms with Crippen molar-refractivity contribution in [2.24, 2.45) is 15.5 Å². The van der Waals surface area contributed by atoms with Crippen molar-refractivity contribution in [1.29, 1.82) is 0 Å². The van der Waals surface area contributed by atoms with Crippen molar-refractivity contribution in [2.75, 3.05) is 24.6 Å². The molecule has 0 amide bonds. The number of anilines is 2. The van der Waals surface area contributed by atoms with Gasteiger partial charge >= 0.3 is 0 Å². The highest BCUT2D eigenvalue weighted by molar-refractivity contribution is 7.90. The Kier molecular flexibility index (Phi) is 4.59. The molecule has 25 heavy (non-hydrogen) atoms. The average Bonchev–Trinajstić information content (AvgIpc) is 3.20. The molecule has 3 rings (SSSR count). The van der Waals surface area contributed by atoms with Gasteiger partial charge in [0.2, 0.25) is 5.96 Å². The van der Waals surface area contributed by atoms with Crippen LogP contribution < -0.4 is 16.2 Å². The number of nitrogens with one attached hydrogen (secondary N) is 1. The molecular formula is C16H24N6O2S. The predicted octanol–water partition coefficient (Wildman–Crippen LogP) is 1.37. The lowest BCUT2D eigenvalue weighted by atomic mass is 9.88. The van der Waals surface area contributed by atoms with Crippen molar-refractivity contribution >= 4 is 33.6 Å². The normalized spacial score (nSPS) is 19.7. The van der Waals surface area contributed by atoms with Crippen LogP contribution in [0.1, 0.15) is 32.6 Å². The molecule has 5 N–H and O–H groups in total.